The number of pyridine rings is 1. The molecule has 1 atom stereocenters. The molecule has 0 aliphatic carbocycles. The smallest absolute Gasteiger partial charge is 0.0708 e. The average Bonchev–Trinajstić information content (AvgIpc) is 2.42. The van der Waals surface area contributed by atoms with Gasteiger partial charge in [-0.1, -0.05) is 30.7 Å². The predicted octanol–water partition coefficient (Wildman–Crippen LogP) is 4.55. The van der Waals surface area contributed by atoms with E-state index < -0.39 is 0 Å². The van der Waals surface area contributed by atoms with Crippen molar-refractivity contribution in [1.82, 2.24) is 10.3 Å². The lowest BCUT2D eigenvalue weighted by molar-refractivity contribution is 0.517. The molecular weight excluding hydrogens is 244 g/mol. The van der Waals surface area contributed by atoms with Gasteiger partial charge in [0.1, 0.15) is 0 Å². The maximum Gasteiger partial charge on any atom is 0.0708 e. The molecule has 20 heavy (non-hydrogen) atoms. The molecular formula is C18H24N2. The summed E-state index contributed by atoms with van der Waals surface area (Å²) in [5, 5.41) is 4.86. The topological polar surface area (TPSA) is 24.9 Å². The minimum Gasteiger partial charge on any atom is -0.310 e. The van der Waals surface area contributed by atoms with Gasteiger partial charge >= 0.3 is 0 Å². The van der Waals surface area contributed by atoms with Gasteiger partial charge in [-0.25, -0.2) is 0 Å². The van der Waals surface area contributed by atoms with E-state index in [1.807, 2.05) is 0 Å². The maximum absolute atomic E-state index is 4.63. The fourth-order valence-corrected chi connectivity index (χ4v) is 2.63. The molecule has 1 N–H and O–H groups in total. The molecule has 1 aromatic carbocycles. The van der Waals surface area contributed by atoms with Crippen LogP contribution >= 0.6 is 0 Å². The number of rotatable bonds is 6. The molecule has 0 saturated carbocycles. The van der Waals surface area contributed by atoms with Crippen LogP contribution in [0.5, 0.6) is 0 Å². The summed E-state index contributed by atoms with van der Waals surface area (Å²) >= 11 is 0. The molecule has 1 heterocycles. The lowest BCUT2D eigenvalue weighted by atomic mass is 9.96. The van der Waals surface area contributed by atoms with E-state index in [2.05, 4.69) is 68.0 Å². The summed E-state index contributed by atoms with van der Waals surface area (Å²) in [6.07, 6.45) is 2.13. The third-order valence-electron chi connectivity index (χ3n) is 3.56. The first-order valence-corrected chi connectivity index (χ1v) is 7.36. The Balaban J connectivity index is 2.43. The van der Waals surface area contributed by atoms with Crippen LogP contribution in [0.25, 0.3) is 10.9 Å². The first-order chi connectivity index (χ1) is 9.61. The molecule has 2 rings (SSSR count). The molecule has 0 saturated heterocycles. The number of aromatic nitrogens is 1. The van der Waals surface area contributed by atoms with Crippen molar-refractivity contribution in [2.45, 2.75) is 39.7 Å². The van der Waals surface area contributed by atoms with Gasteiger partial charge in [0.15, 0.2) is 0 Å². The third kappa shape index (κ3) is 3.45. The van der Waals surface area contributed by atoms with Crippen molar-refractivity contribution in [1.29, 1.82) is 0 Å². The van der Waals surface area contributed by atoms with E-state index in [9.17, 15) is 0 Å². The van der Waals surface area contributed by atoms with Crippen molar-refractivity contribution >= 4 is 10.9 Å². The monoisotopic (exact) mass is 268 g/mol. The summed E-state index contributed by atoms with van der Waals surface area (Å²) < 4.78 is 0. The van der Waals surface area contributed by atoms with Crippen LogP contribution in [0.15, 0.2) is 42.5 Å². The summed E-state index contributed by atoms with van der Waals surface area (Å²) in [7, 11) is 0. The first-order valence-electron chi connectivity index (χ1n) is 7.36. The molecule has 0 amide bonds. The molecule has 0 aliphatic heterocycles. The van der Waals surface area contributed by atoms with E-state index >= 15 is 0 Å². The second-order valence-corrected chi connectivity index (χ2v) is 5.48. The molecule has 0 spiro atoms. The Kier molecular flexibility index (Phi) is 4.91. The summed E-state index contributed by atoms with van der Waals surface area (Å²) in [6, 6.07) is 11.0. The van der Waals surface area contributed by atoms with Gasteiger partial charge < -0.3 is 5.32 Å². The Bertz CT molecular complexity index is 601. The summed E-state index contributed by atoms with van der Waals surface area (Å²) in [4.78, 5) is 4.63. The van der Waals surface area contributed by atoms with E-state index in [1.54, 1.807) is 0 Å². The van der Waals surface area contributed by atoms with Crippen LogP contribution in [0.3, 0.4) is 0 Å². The lowest BCUT2D eigenvalue weighted by Crippen LogP contribution is -2.21. The molecule has 0 radical (unpaired) electrons. The maximum atomic E-state index is 4.63. The number of fused-ring (bicyclic) bond motifs is 1. The minimum absolute atomic E-state index is 0.364. The van der Waals surface area contributed by atoms with Crippen LogP contribution in [0.4, 0.5) is 0 Å². The van der Waals surface area contributed by atoms with E-state index in [0.29, 0.717) is 6.04 Å². The van der Waals surface area contributed by atoms with Gasteiger partial charge in [0, 0.05) is 17.1 Å². The molecule has 2 aromatic rings. The first kappa shape index (κ1) is 14.7. The van der Waals surface area contributed by atoms with Gasteiger partial charge in [-0.05, 0) is 50.9 Å². The van der Waals surface area contributed by atoms with Crippen molar-refractivity contribution in [2.75, 3.05) is 6.54 Å². The lowest BCUT2D eigenvalue weighted by Gasteiger charge is -2.20. The molecule has 1 aromatic heterocycles. The van der Waals surface area contributed by atoms with E-state index in [1.165, 1.54) is 16.5 Å². The van der Waals surface area contributed by atoms with Crippen molar-refractivity contribution in [3.63, 3.8) is 0 Å². The second-order valence-electron chi connectivity index (χ2n) is 5.48. The number of nitrogens with one attached hydrogen (secondary N) is 1. The van der Waals surface area contributed by atoms with Crippen LogP contribution in [0.1, 0.15) is 44.0 Å². The van der Waals surface area contributed by atoms with Crippen LogP contribution in [-0.2, 0) is 0 Å². The zero-order valence-electron chi connectivity index (χ0n) is 12.7. The molecule has 0 fully saturated rings. The number of benzene rings is 1. The number of hydrogen-bond acceptors (Lipinski definition) is 2. The Morgan fingerprint density at radius 3 is 2.80 bits per heavy atom. The molecule has 2 nitrogen and oxygen atoms in total. The summed E-state index contributed by atoms with van der Waals surface area (Å²) in [6.45, 7) is 11.3. The van der Waals surface area contributed by atoms with Gasteiger partial charge in [-0.2, -0.15) is 0 Å². The zero-order valence-corrected chi connectivity index (χ0v) is 12.7. The number of nitrogens with zero attached hydrogens (tertiary/aromatic N) is 1. The predicted molar refractivity (Wildman–Crippen MR) is 86.9 cm³/mol. The van der Waals surface area contributed by atoms with Gasteiger partial charge in [-0.3, -0.25) is 4.98 Å². The van der Waals surface area contributed by atoms with Crippen molar-refractivity contribution < 1.29 is 0 Å². The quantitative estimate of drug-likeness (QED) is 0.777. The fourth-order valence-electron chi connectivity index (χ4n) is 2.63. The van der Waals surface area contributed by atoms with Gasteiger partial charge in [0.05, 0.1) is 5.52 Å². The number of allylic oxidation sites excluding steroid dienone is 1. The minimum atomic E-state index is 0.364. The number of aryl methyl sites for hydroxylation is 1. The van der Waals surface area contributed by atoms with Crippen LogP contribution in [0, 0.1) is 6.92 Å². The van der Waals surface area contributed by atoms with Crippen molar-refractivity contribution in [3.8, 4) is 0 Å². The van der Waals surface area contributed by atoms with Crippen molar-refractivity contribution in [3.05, 3.63) is 53.7 Å². The van der Waals surface area contributed by atoms with Crippen LogP contribution in [0.2, 0.25) is 0 Å². The molecule has 2 heteroatoms. The van der Waals surface area contributed by atoms with Crippen LogP contribution < -0.4 is 5.32 Å². The standard InChI is InChI=1S/C18H24N2/c1-5-19-17(11-10-13(2)3)16-12-14(4)20-18-9-7-6-8-15(16)18/h6-9,12,17,19H,2,5,10-11H2,1,3-4H3. The average molecular weight is 268 g/mol. The largest absolute Gasteiger partial charge is 0.310 e. The highest BCUT2D eigenvalue weighted by molar-refractivity contribution is 5.82. The van der Waals surface area contributed by atoms with E-state index in [0.717, 1.165) is 30.6 Å². The Labute approximate surface area is 121 Å². The number of para-hydroxylation sites is 1. The highest BCUT2D eigenvalue weighted by Crippen LogP contribution is 2.27. The molecule has 1 unspecified atom stereocenters. The second kappa shape index (κ2) is 6.67. The zero-order chi connectivity index (χ0) is 14.5. The van der Waals surface area contributed by atoms with Crippen molar-refractivity contribution in [2.24, 2.45) is 0 Å². The summed E-state index contributed by atoms with van der Waals surface area (Å²) in [5.41, 5.74) is 4.76. The van der Waals surface area contributed by atoms with Gasteiger partial charge in [0.25, 0.3) is 0 Å². The Morgan fingerprint density at radius 1 is 1.35 bits per heavy atom. The molecule has 106 valence electrons. The normalized spacial score (nSPS) is 12.6. The molecule has 0 aliphatic rings. The van der Waals surface area contributed by atoms with E-state index in [-0.39, 0.29) is 0 Å². The van der Waals surface area contributed by atoms with E-state index in [4.69, 9.17) is 0 Å². The third-order valence-corrected chi connectivity index (χ3v) is 3.56. The van der Waals surface area contributed by atoms with Crippen LogP contribution in [-0.4, -0.2) is 11.5 Å². The fraction of sp³-hybridized carbons (Fsp3) is 0.389. The number of hydrogen-bond donors (Lipinski definition) is 1. The Hall–Kier alpha value is -1.67. The SMILES string of the molecule is C=C(C)CCC(NCC)c1cc(C)nc2ccccc12. The highest BCUT2D eigenvalue weighted by Gasteiger charge is 2.14. The molecule has 0 bridgehead atoms. The van der Waals surface area contributed by atoms with Gasteiger partial charge in [0.2, 0.25) is 0 Å². The van der Waals surface area contributed by atoms with Gasteiger partial charge in [-0.15, -0.1) is 6.58 Å². The Morgan fingerprint density at radius 2 is 2.10 bits per heavy atom. The summed E-state index contributed by atoms with van der Waals surface area (Å²) in [5.74, 6) is 0. The highest BCUT2D eigenvalue weighted by atomic mass is 14.9.